The summed E-state index contributed by atoms with van der Waals surface area (Å²) in [5, 5.41) is 8.88. The van der Waals surface area contributed by atoms with Crippen LogP contribution in [0.15, 0.2) is 24.3 Å². The third-order valence-electron chi connectivity index (χ3n) is 5.74. The smallest absolute Gasteiger partial charge is 0.329 e. The second kappa shape index (κ2) is 8.37. The molecule has 2 aliphatic rings. The largest absolute Gasteiger partial charge is 0.494 e. The Labute approximate surface area is 155 Å². The maximum atomic E-state index is 10.8. The summed E-state index contributed by atoms with van der Waals surface area (Å²) in [6, 6.07) is 8.39. The Balaban J connectivity index is 1.73. The van der Waals surface area contributed by atoms with Crippen LogP contribution in [0.2, 0.25) is 0 Å². The first-order chi connectivity index (χ1) is 12.6. The number of carboxylic acid groups (broad SMARTS) is 1. The molecule has 2 fully saturated rings. The van der Waals surface area contributed by atoms with E-state index in [1.54, 1.807) is 7.11 Å². The molecule has 3 rings (SSSR count). The number of hydrogen-bond donors (Lipinski definition) is 1. The van der Waals surface area contributed by atoms with Crippen LogP contribution in [-0.2, 0) is 20.8 Å². The van der Waals surface area contributed by atoms with Crippen LogP contribution in [-0.4, -0.2) is 60.6 Å². The van der Waals surface area contributed by atoms with Crippen molar-refractivity contribution in [1.82, 2.24) is 4.90 Å². The molecule has 1 aliphatic heterocycles. The predicted octanol–water partition coefficient (Wildman–Crippen LogP) is 2.70. The van der Waals surface area contributed by atoms with Crippen molar-refractivity contribution in [2.45, 2.75) is 56.9 Å². The molecule has 0 aromatic heterocycles. The van der Waals surface area contributed by atoms with Crippen LogP contribution in [0.5, 0.6) is 5.75 Å². The maximum Gasteiger partial charge on any atom is 0.329 e. The van der Waals surface area contributed by atoms with Crippen molar-refractivity contribution < 1.29 is 24.1 Å². The minimum atomic E-state index is -0.914. The van der Waals surface area contributed by atoms with Crippen molar-refractivity contribution in [3.8, 4) is 5.75 Å². The molecule has 1 aromatic carbocycles. The SMILES string of the molecule is CCOc1ccccc1CN1CC[C@]2(OC)CC[C@@H](OCC(=O)O)C[C@H]12. The Kier molecular flexibility index (Phi) is 6.16. The standard InChI is InChI=1S/C20H29NO5/c1-3-25-17-7-5-4-6-15(17)13-21-11-10-20(24-2)9-8-16(12-18(20)21)26-14-19(22)23/h4-7,16,18H,3,8-14H2,1-2H3,(H,22,23)/t16-,18+,20-/m1/s1. The molecule has 6 nitrogen and oxygen atoms in total. The normalized spacial score (nSPS) is 28.7. The van der Waals surface area contributed by atoms with Gasteiger partial charge in [-0.1, -0.05) is 18.2 Å². The van der Waals surface area contributed by atoms with Gasteiger partial charge in [-0.2, -0.15) is 0 Å². The maximum absolute atomic E-state index is 10.8. The average Bonchev–Trinajstić information content (AvgIpc) is 3.00. The van der Waals surface area contributed by atoms with Gasteiger partial charge in [-0.05, 0) is 38.7 Å². The van der Waals surface area contributed by atoms with Crippen LogP contribution in [0, 0.1) is 0 Å². The third-order valence-corrected chi connectivity index (χ3v) is 5.74. The molecule has 6 heteroatoms. The minimum absolute atomic E-state index is 0.0258. The first-order valence-corrected chi connectivity index (χ1v) is 9.41. The first-order valence-electron chi connectivity index (χ1n) is 9.41. The van der Waals surface area contributed by atoms with Crippen molar-refractivity contribution in [2.75, 3.05) is 26.9 Å². The zero-order valence-corrected chi connectivity index (χ0v) is 15.6. The number of aliphatic carboxylic acids is 1. The summed E-state index contributed by atoms with van der Waals surface area (Å²) in [7, 11) is 1.79. The number of methoxy groups -OCH3 is 1. The molecule has 0 amide bonds. The Morgan fingerprint density at radius 2 is 2.15 bits per heavy atom. The van der Waals surface area contributed by atoms with Gasteiger partial charge in [0.15, 0.2) is 0 Å². The van der Waals surface area contributed by atoms with Gasteiger partial charge in [-0.15, -0.1) is 0 Å². The number of carbonyl (C=O) groups is 1. The van der Waals surface area contributed by atoms with Gasteiger partial charge in [0.05, 0.1) is 18.3 Å². The summed E-state index contributed by atoms with van der Waals surface area (Å²) in [5.74, 6) is 0.0156. The highest BCUT2D eigenvalue weighted by Crippen LogP contribution is 2.44. The highest BCUT2D eigenvalue weighted by molar-refractivity contribution is 5.68. The van der Waals surface area contributed by atoms with Crippen LogP contribution < -0.4 is 4.74 Å². The molecule has 1 N–H and O–H groups in total. The molecule has 26 heavy (non-hydrogen) atoms. The van der Waals surface area contributed by atoms with Gasteiger partial charge in [0.2, 0.25) is 0 Å². The fourth-order valence-corrected chi connectivity index (χ4v) is 4.44. The van der Waals surface area contributed by atoms with E-state index in [-0.39, 0.29) is 24.4 Å². The molecule has 1 aliphatic carbocycles. The van der Waals surface area contributed by atoms with E-state index < -0.39 is 5.97 Å². The molecular weight excluding hydrogens is 334 g/mol. The molecule has 1 aromatic rings. The quantitative estimate of drug-likeness (QED) is 0.766. The van der Waals surface area contributed by atoms with E-state index >= 15 is 0 Å². The van der Waals surface area contributed by atoms with Gasteiger partial charge in [0.25, 0.3) is 0 Å². The van der Waals surface area contributed by atoms with Gasteiger partial charge in [-0.3, -0.25) is 4.90 Å². The van der Waals surface area contributed by atoms with Crippen molar-refractivity contribution in [3.63, 3.8) is 0 Å². The van der Waals surface area contributed by atoms with Crippen LogP contribution in [0.4, 0.5) is 0 Å². The van der Waals surface area contributed by atoms with Crippen molar-refractivity contribution in [1.29, 1.82) is 0 Å². The van der Waals surface area contributed by atoms with Gasteiger partial charge in [0.1, 0.15) is 12.4 Å². The van der Waals surface area contributed by atoms with E-state index in [1.807, 2.05) is 25.1 Å². The second-order valence-electron chi connectivity index (χ2n) is 7.15. The number of benzene rings is 1. The monoisotopic (exact) mass is 363 g/mol. The van der Waals surface area contributed by atoms with Crippen LogP contribution in [0.25, 0.3) is 0 Å². The van der Waals surface area contributed by atoms with Gasteiger partial charge in [-0.25, -0.2) is 4.79 Å². The number of rotatable bonds is 8. The van der Waals surface area contributed by atoms with E-state index in [2.05, 4.69) is 11.0 Å². The number of ether oxygens (including phenoxy) is 3. The van der Waals surface area contributed by atoms with E-state index in [4.69, 9.17) is 19.3 Å². The van der Waals surface area contributed by atoms with E-state index in [0.29, 0.717) is 6.61 Å². The third kappa shape index (κ3) is 4.03. The second-order valence-corrected chi connectivity index (χ2v) is 7.15. The van der Waals surface area contributed by atoms with Gasteiger partial charge in [0, 0.05) is 31.8 Å². The summed E-state index contributed by atoms with van der Waals surface area (Å²) in [5.41, 5.74) is 1.03. The highest BCUT2D eigenvalue weighted by atomic mass is 16.5. The lowest BCUT2D eigenvalue weighted by molar-refractivity contribution is -0.148. The van der Waals surface area contributed by atoms with Crippen molar-refractivity contribution >= 4 is 5.97 Å². The zero-order valence-electron chi connectivity index (χ0n) is 15.6. The summed E-state index contributed by atoms with van der Waals surface area (Å²) in [6.07, 6.45) is 3.53. The number of fused-ring (bicyclic) bond motifs is 1. The number of hydrogen-bond acceptors (Lipinski definition) is 5. The van der Waals surface area contributed by atoms with Crippen LogP contribution in [0.3, 0.4) is 0 Å². The van der Waals surface area contributed by atoms with E-state index in [9.17, 15) is 4.79 Å². The van der Waals surface area contributed by atoms with Crippen molar-refractivity contribution in [2.24, 2.45) is 0 Å². The molecule has 144 valence electrons. The molecule has 0 bridgehead atoms. The van der Waals surface area contributed by atoms with E-state index in [1.165, 1.54) is 5.56 Å². The number of carboxylic acids is 1. The number of para-hydroxylation sites is 1. The average molecular weight is 363 g/mol. The summed E-state index contributed by atoms with van der Waals surface area (Å²) in [4.78, 5) is 13.3. The molecule has 3 atom stereocenters. The molecule has 1 heterocycles. The topological polar surface area (TPSA) is 68.2 Å². The minimum Gasteiger partial charge on any atom is -0.494 e. The Morgan fingerprint density at radius 3 is 2.88 bits per heavy atom. The molecule has 0 radical (unpaired) electrons. The highest BCUT2D eigenvalue weighted by Gasteiger charge is 2.51. The molecule has 0 unspecified atom stereocenters. The van der Waals surface area contributed by atoms with Crippen molar-refractivity contribution in [3.05, 3.63) is 29.8 Å². The Morgan fingerprint density at radius 1 is 1.35 bits per heavy atom. The van der Waals surface area contributed by atoms with Gasteiger partial charge < -0.3 is 19.3 Å². The first kappa shape index (κ1) is 19.1. The van der Waals surface area contributed by atoms with Gasteiger partial charge >= 0.3 is 5.97 Å². The Bertz CT molecular complexity index is 622. The lowest BCUT2D eigenvalue weighted by atomic mass is 9.79. The number of likely N-dealkylation sites (tertiary alicyclic amines) is 1. The molecule has 1 saturated heterocycles. The van der Waals surface area contributed by atoms with E-state index in [0.717, 1.165) is 44.5 Å². The lowest BCUT2D eigenvalue weighted by Gasteiger charge is -2.43. The Hall–Kier alpha value is -1.63. The van der Waals surface area contributed by atoms with Crippen LogP contribution in [0.1, 0.15) is 38.2 Å². The summed E-state index contributed by atoms with van der Waals surface area (Å²) < 4.78 is 17.3. The zero-order chi connectivity index (χ0) is 18.6. The molecular formula is C20H29NO5. The molecule has 1 saturated carbocycles. The lowest BCUT2D eigenvalue weighted by Crippen LogP contribution is -2.51. The fourth-order valence-electron chi connectivity index (χ4n) is 4.44. The summed E-state index contributed by atoms with van der Waals surface area (Å²) in [6.45, 7) is 4.18. The summed E-state index contributed by atoms with van der Waals surface area (Å²) >= 11 is 0. The predicted molar refractivity (Wildman–Crippen MR) is 97.4 cm³/mol. The number of nitrogens with zero attached hydrogens (tertiary/aromatic N) is 1. The molecule has 0 spiro atoms. The van der Waals surface area contributed by atoms with Crippen LogP contribution >= 0.6 is 0 Å². The fraction of sp³-hybridized carbons (Fsp3) is 0.650.